The highest BCUT2D eigenvalue weighted by molar-refractivity contribution is 7.98. The smallest absolute Gasteiger partial charge is 0.0587 e. The lowest BCUT2D eigenvalue weighted by atomic mass is 10.0. The molecule has 1 rings (SSSR count). The third kappa shape index (κ3) is 4.34. The first-order valence-electron chi connectivity index (χ1n) is 5.02. The summed E-state index contributed by atoms with van der Waals surface area (Å²) in [6, 6.07) is 0. The van der Waals surface area contributed by atoms with Crippen LogP contribution in [0, 0.1) is 5.41 Å². The lowest BCUT2D eigenvalue weighted by Gasteiger charge is -2.14. The van der Waals surface area contributed by atoms with Gasteiger partial charge in [-0.05, 0) is 36.7 Å². The van der Waals surface area contributed by atoms with E-state index in [9.17, 15) is 0 Å². The van der Waals surface area contributed by atoms with Gasteiger partial charge in [-0.1, -0.05) is 0 Å². The Bertz CT molecular complexity index is 137. The number of hydrogen-bond donors (Lipinski definition) is 1. The fraction of sp³-hybridized carbons (Fsp3) is 1.00. The Kier molecular flexibility index (Phi) is 5.14. The normalized spacial score (nSPS) is 18.9. The Morgan fingerprint density at radius 1 is 1.46 bits per heavy atom. The Morgan fingerprint density at radius 2 is 2.23 bits per heavy atom. The standard InChI is InChI=1S/C10H21NOS/c1-12-7-6-11-9-10(3-4-10)5-8-13-2/h11H,3-9H2,1-2H3. The maximum Gasteiger partial charge on any atom is 0.0587 e. The summed E-state index contributed by atoms with van der Waals surface area (Å²) in [7, 11) is 1.75. The first kappa shape index (κ1) is 11.3. The summed E-state index contributed by atoms with van der Waals surface area (Å²) in [4.78, 5) is 0. The van der Waals surface area contributed by atoms with Crippen LogP contribution in [0.5, 0.6) is 0 Å². The average molecular weight is 203 g/mol. The second-order valence-electron chi connectivity index (χ2n) is 3.91. The molecule has 1 aliphatic rings. The van der Waals surface area contributed by atoms with Crippen molar-refractivity contribution in [3.8, 4) is 0 Å². The van der Waals surface area contributed by atoms with Crippen molar-refractivity contribution in [1.82, 2.24) is 5.32 Å². The van der Waals surface area contributed by atoms with Crippen molar-refractivity contribution in [3.63, 3.8) is 0 Å². The van der Waals surface area contributed by atoms with Crippen LogP contribution in [-0.2, 0) is 4.74 Å². The van der Waals surface area contributed by atoms with Gasteiger partial charge in [-0.2, -0.15) is 11.8 Å². The molecule has 1 N–H and O–H groups in total. The molecule has 1 fully saturated rings. The summed E-state index contributed by atoms with van der Waals surface area (Å²) in [5.41, 5.74) is 0.663. The summed E-state index contributed by atoms with van der Waals surface area (Å²) in [5, 5.41) is 3.46. The Balaban J connectivity index is 1.99. The largest absolute Gasteiger partial charge is 0.383 e. The van der Waals surface area contributed by atoms with Crippen LogP contribution in [0.25, 0.3) is 0 Å². The third-order valence-corrected chi connectivity index (χ3v) is 3.39. The van der Waals surface area contributed by atoms with Crippen LogP contribution in [0.15, 0.2) is 0 Å². The number of methoxy groups -OCH3 is 1. The van der Waals surface area contributed by atoms with E-state index >= 15 is 0 Å². The molecule has 78 valence electrons. The van der Waals surface area contributed by atoms with Crippen LogP contribution < -0.4 is 5.32 Å². The Labute approximate surface area is 85.8 Å². The quantitative estimate of drug-likeness (QED) is 0.607. The first-order valence-corrected chi connectivity index (χ1v) is 6.41. The fourth-order valence-electron chi connectivity index (χ4n) is 1.54. The minimum Gasteiger partial charge on any atom is -0.383 e. The minimum absolute atomic E-state index is 0.663. The van der Waals surface area contributed by atoms with Gasteiger partial charge in [0.15, 0.2) is 0 Å². The van der Waals surface area contributed by atoms with E-state index < -0.39 is 0 Å². The van der Waals surface area contributed by atoms with Crippen molar-refractivity contribution < 1.29 is 4.74 Å². The summed E-state index contributed by atoms with van der Waals surface area (Å²) in [6.07, 6.45) is 6.42. The minimum atomic E-state index is 0.663. The van der Waals surface area contributed by atoms with Gasteiger partial charge in [-0.15, -0.1) is 0 Å². The van der Waals surface area contributed by atoms with Crippen LogP contribution >= 0.6 is 11.8 Å². The zero-order chi connectivity index (χ0) is 9.57. The molecule has 2 nitrogen and oxygen atoms in total. The van der Waals surface area contributed by atoms with Crippen LogP contribution in [-0.4, -0.2) is 38.8 Å². The number of hydrogen-bond acceptors (Lipinski definition) is 3. The second kappa shape index (κ2) is 5.89. The summed E-state index contributed by atoms with van der Waals surface area (Å²) >= 11 is 1.96. The van der Waals surface area contributed by atoms with E-state index in [1.807, 2.05) is 11.8 Å². The van der Waals surface area contributed by atoms with E-state index in [-0.39, 0.29) is 0 Å². The van der Waals surface area contributed by atoms with Gasteiger partial charge in [-0.3, -0.25) is 0 Å². The zero-order valence-electron chi connectivity index (χ0n) is 8.77. The van der Waals surface area contributed by atoms with E-state index in [0.29, 0.717) is 5.41 Å². The van der Waals surface area contributed by atoms with Crippen LogP contribution in [0.4, 0.5) is 0 Å². The van der Waals surface area contributed by atoms with E-state index in [2.05, 4.69) is 11.6 Å². The highest BCUT2D eigenvalue weighted by Gasteiger charge is 2.40. The van der Waals surface area contributed by atoms with E-state index in [0.717, 1.165) is 13.2 Å². The molecule has 0 aromatic rings. The molecule has 0 aliphatic heterocycles. The molecule has 3 heteroatoms. The van der Waals surface area contributed by atoms with Crippen molar-refractivity contribution in [2.45, 2.75) is 19.3 Å². The molecule has 0 amide bonds. The van der Waals surface area contributed by atoms with Gasteiger partial charge >= 0.3 is 0 Å². The number of thioether (sulfide) groups is 1. The average Bonchev–Trinajstić information content (AvgIpc) is 2.91. The molecule has 1 saturated carbocycles. The maximum atomic E-state index is 4.99. The van der Waals surface area contributed by atoms with E-state index in [1.54, 1.807) is 7.11 Å². The molecule has 0 atom stereocenters. The number of nitrogens with one attached hydrogen (secondary N) is 1. The predicted molar refractivity (Wildman–Crippen MR) is 59.4 cm³/mol. The summed E-state index contributed by atoms with van der Waals surface area (Å²) in [6.45, 7) is 3.02. The lowest BCUT2D eigenvalue weighted by Crippen LogP contribution is -2.27. The van der Waals surface area contributed by atoms with Gasteiger partial charge in [-0.25, -0.2) is 0 Å². The monoisotopic (exact) mass is 203 g/mol. The lowest BCUT2D eigenvalue weighted by molar-refractivity contribution is 0.197. The third-order valence-electron chi connectivity index (χ3n) is 2.78. The van der Waals surface area contributed by atoms with Gasteiger partial charge in [0.1, 0.15) is 0 Å². The molecule has 0 aromatic heterocycles. The van der Waals surface area contributed by atoms with Gasteiger partial charge in [0.05, 0.1) is 6.61 Å². The van der Waals surface area contributed by atoms with Crippen molar-refractivity contribution in [2.75, 3.05) is 38.8 Å². The molecular weight excluding hydrogens is 182 g/mol. The molecule has 0 bridgehead atoms. The molecule has 0 aromatic carbocycles. The van der Waals surface area contributed by atoms with Crippen molar-refractivity contribution >= 4 is 11.8 Å². The van der Waals surface area contributed by atoms with Crippen molar-refractivity contribution in [1.29, 1.82) is 0 Å². The van der Waals surface area contributed by atoms with Gasteiger partial charge in [0.25, 0.3) is 0 Å². The highest BCUT2D eigenvalue weighted by Crippen LogP contribution is 2.48. The fourth-order valence-corrected chi connectivity index (χ4v) is 2.18. The molecule has 0 spiro atoms. The number of rotatable bonds is 8. The molecular formula is C10H21NOS. The maximum absolute atomic E-state index is 4.99. The SMILES string of the molecule is COCCNCC1(CCSC)CC1. The molecule has 0 heterocycles. The van der Waals surface area contributed by atoms with Crippen LogP contribution in [0.3, 0.4) is 0 Å². The number of ether oxygens (including phenoxy) is 1. The molecule has 1 aliphatic carbocycles. The molecule has 0 saturated heterocycles. The topological polar surface area (TPSA) is 21.3 Å². The summed E-state index contributed by atoms with van der Waals surface area (Å²) in [5.74, 6) is 1.31. The van der Waals surface area contributed by atoms with Crippen molar-refractivity contribution in [3.05, 3.63) is 0 Å². The Morgan fingerprint density at radius 3 is 2.77 bits per heavy atom. The zero-order valence-corrected chi connectivity index (χ0v) is 9.58. The Hall–Kier alpha value is 0.270. The summed E-state index contributed by atoms with van der Waals surface area (Å²) < 4.78 is 4.99. The van der Waals surface area contributed by atoms with Gasteiger partial charge < -0.3 is 10.1 Å². The van der Waals surface area contributed by atoms with E-state index in [4.69, 9.17) is 4.74 Å². The first-order chi connectivity index (χ1) is 6.33. The van der Waals surface area contributed by atoms with Crippen LogP contribution in [0.2, 0.25) is 0 Å². The second-order valence-corrected chi connectivity index (χ2v) is 4.90. The van der Waals surface area contributed by atoms with Crippen LogP contribution in [0.1, 0.15) is 19.3 Å². The van der Waals surface area contributed by atoms with Crippen molar-refractivity contribution in [2.24, 2.45) is 5.41 Å². The predicted octanol–water partition coefficient (Wildman–Crippen LogP) is 1.76. The van der Waals surface area contributed by atoms with Gasteiger partial charge in [0, 0.05) is 20.2 Å². The van der Waals surface area contributed by atoms with E-state index in [1.165, 1.54) is 31.6 Å². The molecule has 0 unspecified atom stereocenters. The molecule has 13 heavy (non-hydrogen) atoms. The highest BCUT2D eigenvalue weighted by atomic mass is 32.2. The van der Waals surface area contributed by atoms with Gasteiger partial charge in [0.2, 0.25) is 0 Å². The molecule has 0 radical (unpaired) electrons.